The Kier molecular flexibility index (Phi) is 8.44. The second-order valence-corrected chi connectivity index (χ2v) is 9.76. The van der Waals surface area contributed by atoms with Gasteiger partial charge in [-0.25, -0.2) is 27.1 Å². The number of aliphatic hydroxyl groups excluding tert-OH is 2. The first-order chi connectivity index (χ1) is 14.9. The molecule has 10 heteroatoms. The van der Waals surface area contributed by atoms with Crippen molar-refractivity contribution in [2.45, 2.75) is 44.8 Å². The number of sulfonamides is 1. The quantitative estimate of drug-likeness (QED) is 0.586. The van der Waals surface area contributed by atoms with Crippen LogP contribution in [-0.4, -0.2) is 54.1 Å². The highest BCUT2D eigenvalue weighted by Crippen LogP contribution is 2.31. The monoisotopic (exact) mass is 462 g/mol. The lowest BCUT2D eigenvalue weighted by molar-refractivity contribution is 0.107. The molecule has 0 unspecified atom stereocenters. The van der Waals surface area contributed by atoms with E-state index in [2.05, 4.69) is 9.97 Å². The molecule has 1 heterocycles. The van der Waals surface area contributed by atoms with Crippen molar-refractivity contribution in [2.24, 2.45) is 0 Å². The Morgan fingerprint density at radius 3 is 2.38 bits per heavy atom. The van der Waals surface area contributed by atoms with Crippen LogP contribution in [-0.2, 0) is 10.0 Å². The number of anilines is 1. The molecule has 0 fully saturated rings. The van der Waals surface area contributed by atoms with E-state index in [1.807, 2.05) is 19.9 Å². The lowest BCUT2D eigenvalue weighted by Gasteiger charge is -2.20. The van der Waals surface area contributed by atoms with Gasteiger partial charge in [-0.2, -0.15) is 5.26 Å². The fraction of sp³-hybridized carbons (Fsp3) is 0.409. The SMILES string of the molecule is CC(C)c1nc(N(C)S(C)(=O)=O)nc(-c2ccc(F)cc2)c1C=C[C@@H](O)C[C@@H](O)CC#N. The predicted octanol–water partition coefficient (Wildman–Crippen LogP) is 2.84. The molecule has 0 aliphatic carbocycles. The van der Waals surface area contributed by atoms with Crippen molar-refractivity contribution in [2.75, 3.05) is 17.6 Å². The van der Waals surface area contributed by atoms with Crippen LogP contribution in [0.1, 0.15) is 43.9 Å². The van der Waals surface area contributed by atoms with Crippen molar-refractivity contribution >= 4 is 22.0 Å². The van der Waals surface area contributed by atoms with E-state index in [9.17, 15) is 23.0 Å². The molecule has 2 atom stereocenters. The number of benzene rings is 1. The molecule has 0 spiro atoms. The summed E-state index contributed by atoms with van der Waals surface area (Å²) >= 11 is 0. The molecule has 2 N–H and O–H groups in total. The predicted molar refractivity (Wildman–Crippen MR) is 121 cm³/mol. The van der Waals surface area contributed by atoms with E-state index >= 15 is 0 Å². The van der Waals surface area contributed by atoms with E-state index in [4.69, 9.17) is 5.26 Å². The van der Waals surface area contributed by atoms with Gasteiger partial charge >= 0.3 is 0 Å². The molecule has 32 heavy (non-hydrogen) atoms. The van der Waals surface area contributed by atoms with Gasteiger partial charge in [0.2, 0.25) is 16.0 Å². The number of nitriles is 1. The van der Waals surface area contributed by atoms with Crippen molar-refractivity contribution in [3.05, 3.63) is 47.4 Å². The highest BCUT2D eigenvalue weighted by atomic mass is 32.2. The van der Waals surface area contributed by atoms with Crippen LogP contribution >= 0.6 is 0 Å². The highest BCUT2D eigenvalue weighted by molar-refractivity contribution is 7.92. The van der Waals surface area contributed by atoms with Crippen molar-refractivity contribution in [3.8, 4) is 17.3 Å². The van der Waals surface area contributed by atoms with E-state index < -0.39 is 28.0 Å². The van der Waals surface area contributed by atoms with Crippen LogP contribution in [0.2, 0.25) is 0 Å². The number of halogens is 1. The third kappa shape index (κ3) is 6.56. The summed E-state index contributed by atoms with van der Waals surface area (Å²) < 4.78 is 38.6. The summed E-state index contributed by atoms with van der Waals surface area (Å²) in [7, 11) is -2.28. The van der Waals surface area contributed by atoms with Gasteiger partial charge < -0.3 is 10.2 Å². The molecule has 1 aromatic heterocycles. The van der Waals surface area contributed by atoms with E-state index in [0.29, 0.717) is 22.5 Å². The summed E-state index contributed by atoms with van der Waals surface area (Å²) in [5.41, 5.74) is 1.98. The van der Waals surface area contributed by atoms with E-state index in [-0.39, 0.29) is 24.7 Å². The van der Waals surface area contributed by atoms with Crippen LogP contribution in [0, 0.1) is 17.1 Å². The maximum Gasteiger partial charge on any atom is 0.239 e. The van der Waals surface area contributed by atoms with Gasteiger partial charge in [0, 0.05) is 24.6 Å². The highest BCUT2D eigenvalue weighted by Gasteiger charge is 2.22. The van der Waals surface area contributed by atoms with Crippen LogP contribution in [0.15, 0.2) is 30.3 Å². The molecule has 8 nitrogen and oxygen atoms in total. The molecule has 0 aliphatic rings. The van der Waals surface area contributed by atoms with Crippen LogP contribution in [0.4, 0.5) is 10.3 Å². The first-order valence-electron chi connectivity index (χ1n) is 9.97. The average Bonchev–Trinajstić information content (AvgIpc) is 2.71. The van der Waals surface area contributed by atoms with Crippen molar-refractivity contribution < 1.29 is 23.0 Å². The maximum atomic E-state index is 13.5. The maximum absolute atomic E-state index is 13.5. The first kappa shape index (κ1) is 25.4. The van der Waals surface area contributed by atoms with Crippen molar-refractivity contribution in [3.63, 3.8) is 0 Å². The Hall–Kier alpha value is -2.87. The van der Waals surface area contributed by atoms with Crippen LogP contribution in [0.3, 0.4) is 0 Å². The minimum absolute atomic E-state index is 0.0251. The molecule has 2 aromatic rings. The summed E-state index contributed by atoms with van der Waals surface area (Å²) in [6.07, 6.45) is 1.97. The minimum atomic E-state index is -3.63. The van der Waals surface area contributed by atoms with Gasteiger partial charge in [0.25, 0.3) is 0 Å². The number of aromatic nitrogens is 2. The third-order valence-corrected chi connectivity index (χ3v) is 5.89. The van der Waals surface area contributed by atoms with Gasteiger partial charge in [-0.1, -0.05) is 26.0 Å². The molecular formula is C22H27FN4O4S. The molecule has 0 bridgehead atoms. The van der Waals surface area contributed by atoms with Gasteiger partial charge in [0.05, 0.1) is 42.3 Å². The Balaban J connectivity index is 2.65. The summed E-state index contributed by atoms with van der Waals surface area (Å²) in [6, 6.07) is 7.44. The Labute approximate surface area is 187 Å². The Bertz CT molecular complexity index is 1110. The minimum Gasteiger partial charge on any atom is -0.392 e. The number of nitrogens with zero attached hydrogens (tertiary/aromatic N) is 4. The Morgan fingerprint density at radius 2 is 1.84 bits per heavy atom. The van der Waals surface area contributed by atoms with Gasteiger partial charge in [-0.05, 0) is 30.2 Å². The molecule has 0 aliphatic heterocycles. The first-order valence-corrected chi connectivity index (χ1v) is 11.8. The van der Waals surface area contributed by atoms with Gasteiger partial charge in [-0.3, -0.25) is 0 Å². The normalized spacial score (nSPS) is 13.8. The average molecular weight is 463 g/mol. The molecular weight excluding hydrogens is 435 g/mol. The van der Waals surface area contributed by atoms with E-state index in [1.165, 1.54) is 37.4 Å². The number of hydrogen-bond donors (Lipinski definition) is 2. The number of rotatable bonds is 9. The second kappa shape index (κ2) is 10.6. The number of aliphatic hydroxyl groups is 2. The zero-order valence-electron chi connectivity index (χ0n) is 18.4. The van der Waals surface area contributed by atoms with Crippen molar-refractivity contribution in [1.82, 2.24) is 9.97 Å². The zero-order valence-corrected chi connectivity index (χ0v) is 19.2. The van der Waals surface area contributed by atoms with E-state index in [0.717, 1.165) is 10.6 Å². The molecule has 2 rings (SSSR count). The Morgan fingerprint density at radius 1 is 1.22 bits per heavy atom. The second-order valence-electron chi connectivity index (χ2n) is 7.74. The van der Waals surface area contributed by atoms with Gasteiger partial charge in [-0.15, -0.1) is 0 Å². The molecule has 0 radical (unpaired) electrons. The van der Waals surface area contributed by atoms with Crippen LogP contribution in [0.25, 0.3) is 17.3 Å². The lowest BCUT2D eigenvalue weighted by atomic mass is 9.97. The smallest absolute Gasteiger partial charge is 0.239 e. The largest absolute Gasteiger partial charge is 0.392 e. The summed E-state index contributed by atoms with van der Waals surface area (Å²) in [5.74, 6) is -0.595. The fourth-order valence-corrected chi connectivity index (χ4v) is 3.33. The van der Waals surface area contributed by atoms with Gasteiger partial charge in [0.15, 0.2) is 0 Å². The zero-order chi connectivity index (χ0) is 24.1. The third-order valence-electron chi connectivity index (χ3n) is 4.73. The summed E-state index contributed by atoms with van der Waals surface area (Å²) in [6.45, 7) is 3.76. The summed E-state index contributed by atoms with van der Waals surface area (Å²) in [5, 5.41) is 28.7. The summed E-state index contributed by atoms with van der Waals surface area (Å²) in [4.78, 5) is 8.89. The standard InChI is InChI=1S/C22H27FN4O4S/c1-14(2)20-19(10-9-17(28)13-18(29)11-12-24)21(15-5-7-16(23)8-6-15)26-22(25-20)27(3)32(4,30)31/h5-10,14,17-18,28-29H,11,13H2,1-4H3/t17-,18+/m1/s1. The molecule has 0 saturated heterocycles. The van der Waals surface area contributed by atoms with Gasteiger partial charge in [0.1, 0.15) is 5.82 Å². The lowest BCUT2D eigenvalue weighted by Crippen LogP contribution is -2.27. The topological polar surface area (TPSA) is 127 Å². The fourth-order valence-electron chi connectivity index (χ4n) is 2.95. The molecule has 1 aromatic carbocycles. The van der Waals surface area contributed by atoms with Crippen LogP contribution in [0.5, 0.6) is 0 Å². The van der Waals surface area contributed by atoms with Crippen LogP contribution < -0.4 is 4.31 Å². The molecule has 0 saturated carbocycles. The number of hydrogen-bond acceptors (Lipinski definition) is 7. The molecule has 172 valence electrons. The van der Waals surface area contributed by atoms with Crippen molar-refractivity contribution in [1.29, 1.82) is 5.26 Å². The molecule has 0 amide bonds. The van der Waals surface area contributed by atoms with E-state index in [1.54, 1.807) is 6.08 Å².